The van der Waals surface area contributed by atoms with Crippen LogP contribution in [0.3, 0.4) is 0 Å². The molecule has 0 radical (unpaired) electrons. The molecule has 2 aromatic heterocycles. The lowest BCUT2D eigenvalue weighted by Crippen LogP contribution is -2.16. The van der Waals surface area contributed by atoms with Crippen molar-refractivity contribution in [3.63, 3.8) is 0 Å². The molecule has 0 saturated heterocycles. The Labute approximate surface area is 150 Å². The third-order valence-corrected chi connectivity index (χ3v) is 4.85. The smallest absolute Gasteiger partial charge is 0.276 e. The highest BCUT2D eigenvalue weighted by Crippen LogP contribution is 2.37. The van der Waals surface area contributed by atoms with Crippen LogP contribution in [0.4, 0.5) is 0 Å². The molecule has 26 heavy (non-hydrogen) atoms. The van der Waals surface area contributed by atoms with Gasteiger partial charge in [0.25, 0.3) is 5.89 Å². The molecule has 1 aliphatic heterocycles. The third kappa shape index (κ3) is 2.44. The van der Waals surface area contributed by atoms with Crippen LogP contribution in [0.25, 0.3) is 22.5 Å². The quantitative estimate of drug-likeness (QED) is 0.536. The van der Waals surface area contributed by atoms with Gasteiger partial charge < -0.3 is 9.26 Å². The molecule has 0 amide bonds. The van der Waals surface area contributed by atoms with Gasteiger partial charge in [0, 0.05) is 10.9 Å². The van der Waals surface area contributed by atoms with E-state index in [0.717, 1.165) is 34.2 Å². The van der Waals surface area contributed by atoms with Gasteiger partial charge in [0.2, 0.25) is 0 Å². The lowest BCUT2D eigenvalue weighted by molar-refractivity contribution is 0.272. The molecule has 128 valence electrons. The van der Waals surface area contributed by atoms with E-state index >= 15 is 0 Å². The first kappa shape index (κ1) is 15.1. The Morgan fingerprint density at radius 1 is 1.00 bits per heavy atom. The number of nitrogens with zero attached hydrogens (tertiary/aromatic N) is 3. The number of rotatable bonds is 2. The average Bonchev–Trinajstić information content (AvgIpc) is 3.17. The van der Waals surface area contributed by atoms with Crippen LogP contribution in [0.1, 0.15) is 29.3 Å². The average molecular weight is 343 g/mol. The second-order valence-electron chi connectivity index (χ2n) is 6.53. The highest BCUT2D eigenvalue weighted by atomic mass is 16.5. The van der Waals surface area contributed by atoms with Crippen LogP contribution < -0.4 is 4.74 Å². The summed E-state index contributed by atoms with van der Waals surface area (Å²) >= 11 is 0. The second-order valence-corrected chi connectivity index (χ2v) is 6.53. The molecule has 2 aromatic carbocycles. The maximum Gasteiger partial charge on any atom is 0.276 e. The predicted molar refractivity (Wildman–Crippen MR) is 98.2 cm³/mol. The van der Waals surface area contributed by atoms with Gasteiger partial charge in [0.15, 0.2) is 5.82 Å². The summed E-state index contributed by atoms with van der Waals surface area (Å²) in [5.74, 6) is 2.12. The minimum Gasteiger partial charge on any atom is -0.493 e. The summed E-state index contributed by atoms with van der Waals surface area (Å²) in [4.78, 5) is 9.34. The largest absolute Gasteiger partial charge is 0.493 e. The number of ether oxygens (including phenoxy) is 1. The molecular formula is C21H17N3O2. The Morgan fingerprint density at radius 2 is 1.85 bits per heavy atom. The zero-order valence-corrected chi connectivity index (χ0v) is 14.3. The SMILES string of the molecule is Cc1cc(-c2nc(C3CCOc4ccccc43)no2)nc2ccccc12. The van der Waals surface area contributed by atoms with Gasteiger partial charge in [0.1, 0.15) is 11.4 Å². The lowest BCUT2D eigenvalue weighted by atomic mass is 9.92. The van der Waals surface area contributed by atoms with Crippen LogP contribution in [0.5, 0.6) is 5.75 Å². The molecule has 0 N–H and O–H groups in total. The first-order chi connectivity index (χ1) is 12.8. The second kappa shape index (κ2) is 5.95. The Morgan fingerprint density at radius 3 is 2.81 bits per heavy atom. The van der Waals surface area contributed by atoms with Gasteiger partial charge in [-0.3, -0.25) is 0 Å². The van der Waals surface area contributed by atoms with Crippen molar-refractivity contribution in [3.8, 4) is 17.3 Å². The van der Waals surface area contributed by atoms with Gasteiger partial charge in [-0.1, -0.05) is 41.6 Å². The van der Waals surface area contributed by atoms with E-state index < -0.39 is 0 Å². The number of pyridine rings is 1. The van der Waals surface area contributed by atoms with E-state index in [1.807, 2.05) is 42.5 Å². The molecular weight excluding hydrogens is 326 g/mol. The first-order valence-electron chi connectivity index (χ1n) is 8.72. The van der Waals surface area contributed by atoms with E-state index in [0.29, 0.717) is 24.0 Å². The molecule has 1 unspecified atom stereocenters. The zero-order valence-electron chi connectivity index (χ0n) is 14.3. The fraction of sp³-hybridized carbons (Fsp3) is 0.190. The van der Waals surface area contributed by atoms with Crippen LogP contribution in [0, 0.1) is 6.92 Å². The summed E-state index contributed by atoms with van der Waals surface area (Å²) in [6, 6.07) is 18.1. The Kier molecular flexibility index (Phi) is 3.45. The molecule has 0 bridgehead atoms. The van der Waals surface area contributed by atoms with Crippen molar-refractivity contribution >= 4 is 10.9 Å². The fourth-order valence-corrected chi connectivity index (χ4v) is 3.55. The standard InChI is InChI=1S/C21H17N3O2/c1-13-12-18(22-17-8-4-2-6-14(13)17)21-23-20(24-26-21)16-10-11-25-19-9-5-3-7-15(16)19/h2-9,12,16H,10-11H2,1H3. The Hall–Kier alpha value is -3.21. The summed E-state index contributed by atoms with van der Waals surface area (Å²) in [6.07, 6.45) is 0.833. The van der Waals surface area contributed by atoms with Crippen molar-refractivity contribution in [1.29, 1.82) is 0 Å². The van der Waals surface area contributed by atoms with Crippen molar-refractivity contribution in [2.45, 2.75) is 19.3 Å². The maximum absolute atomic E-state index is 5.73. The number of hydrogen-bond acceptors (Lipinski definition) is 5. The normalized spacial score (nSPS) is 16.3. The van der Waals surface area contributed by atoms with Crippen LogP contribution in [0.15, 0.2) is 59.1 Å². The number of benzene rings is 2. The number of hydrogen-bond donors (Lipinski definition) is 0. The minimum absolute atomic E-state index is 0.0824. The monoisotopic (exact) mass is 343 g/mol. The maximum atomic E-state index is 5.73. The van der Waals surface area contributed by atoms with E-state index in [-0.39, 0.29) is 5.92 Å². The number of fused-ring (bicyclic) bond motifs is 2. The number of aromatic nitrogens is 3. The van der Waals surface area contributed by atoms with E-state index in [4.69, 9.17) is 9.26 Å². The van der Waals surface area contributed by atoms with Gasteiger partial charge in [0.05, 0.1) is 18.0 Å². The molecule has 1 aliphatic rings. The molecule has 0 fully saturated rings. The predicted octanol–water partition coefficient (Wildman–Crippen LogP) is 4.51. The van der Waals surface area contributed by atoms with Crippen LogP contribution in [-0.4, -0.2) is 21.7 Å². The topological polar surface area (TPSA) is 61.0 Å². The molecule has 1 atom stereocenters. The highest BCUT2D eigenvalue weighted by Gasteiger charge is 2.27. The van der Waals surface area contributed by atoms with Crippen LogP contribution >= 0.6 is 0 Å². The van der Waals surface area contributed by atoms with Crippen molar-refractivity contribution in [3.05, 3.63) is 71.5 Å². The van der Waals surface area contributed by atoms with E-state index in [9.17, 15) is 0 Å². The highest BCUT2D eigenvalue weighted by molar-refractivity contribution is 5.84. The molecule has 5 heteroatoms. The Bertz CT molecular complexity index is 1100. The fourth-order valence-electron chi connectivity index (χ4n) is 3.55. The number of aryl methyl sites for hydroxylation is 1. The first-order valence-corrected chi connectivity index (χ1v) is 8.72. The molecule has 5 rings (SSSR count). The summed E-state index contributed by atoms with van der Waals surface area (Å²) in [7, 11) is 0. The number of para-hydroxylation sites is 2. The van der Waals surface area contributed by atoms with Crippen molar-refractivity contribution in [1.82, 2.24) is 15.1 Å². The van der Waals surface area contributed by atoms with Gasteiger partial charge in [-0.15, -0.1) is 0 Å². The van der Waals surface area contributed by atoms with Gasteiger partial charge in [-0.2, -0.15) is 4.98 Å². The van der Waals surface area contributed by atoms with Crippen LogP contribution in [-0.2, 0) is 0 Å². The van der Waals surface area contributed by atoms with E-state index in [2.05, 4.69) is 34.2 Å². The summed E-state index contributed by atoms with van der Waals surface area (Å²) < 4.78 is 11.3. The summed E-state index contributed by atoms with van der Waals surface area (Å²) in [5, 5.41) is 5.38. The van der Waals surface area contributed by atoms with Crippen molar-refractivity contribution in [2.75, 3.05) is 6.61 Å². The van der Waals surface area contributed by atoms with Gasteiger partial charge in [-0.05, 0) is 37.1 Å². The van der Waals surface area contributed by atoms with Gasteiger partial charge in [-0.25, -0.2) is 4.98 Å². The van der Waals surface area contributed by atoms with E-state index in [1.54, 1.807) is 0 Å². The van der Waals surface area contributed by atoms with E-state index in [1.165, 1.54) is 0 Å². The lowest BCUT2D eigenvalue weighted by Gasteiger charge is -2.23. The third-order valence-electron chi connectivity index (χ3n) is 4.85. The molecule has 3 heterocycles. The molecule has 0 saturated carbocycles. The molecule has 0 aliphatic carbocycles. The molecule has 4 aromatic rings. The summed E-state index contributed by atoms with van der Waals surface area (Å²) in [5.41, 5.74) is 3.88. The van der Waals surface area contributed by atoms with Crippen molar-refractivity contribution in [2.24, 2.45) is 0 Å². The minimum atomic E-state index is 0.0824. The molecule has 0 spiro atoms. The molecule has 5 nitrogen and oxygen atoms in total. The van der Waals surface area contributed by atoms with Crippen LogP contribution in [0.2, 0.25) is 0 Å². The summed E-state index contributed by atoms with van der Waals surface area (Å²) in [6.45, 7) is 2.72. The Balaban J connectivity index is 1.56. The van der Waals surface area contributed by atoms with Gasteiger partial charge >= 0.3 is 0 Å². The van der Waals surface area contributed by atoms with Crippen molar-refractivity contribution < 1.29 is 9.26 Å². The zero-order chi connectivity index (χ0) is 17.5.